The smallest absolute Gasteiger partial charge is 0.244 e. The number of amides is 1. The monoisotopic (exact) mass is 340 g/mol. The van der Waals surface area contributed by atoms with Crippen LogP contribution in [0.4, 0.5) is 14.5 Å². The Kier molecular flexibility index (Phi) is 4.34. The minimum absolute atomic E-state index is 0.130. The Labute approximate surface area is 122 Å². The van der Waals surface area contributed by atoms with E-state index in [2.05, 4.69) is 21.2 Å². The summed E-state index contributed by atoms with van der Waals surface area (Å²) in [6.45, 7) is 0. The second kappa shape index (κ2) is 6.00. The van der Waals surface area contributed by atoms with Crippen molar-refractivity contribution in [3.05, 3.63) is 64.1 Å². The molecule has 1 unspecified atom stereocenters. The third kappa shape index (κ3) is 3.33. The fraction of sp³-hybridized carbons (Fsp3) is 0.0714. The Balaban J connectivity index is 2.31. The highest BCUT2D eigenvalue weighted by atomic mass is 79.9. The van der Waals surface area contributed by atoms with E-state index in [1.165, 1.54) is 36.4 Å². The van der Waals surface area contributed by atoms with E-state index in [0.717, 1.165) is 0 Å². The molecule has 0 aromatic heterocycles. The van der Waals surface area contributed by atoms with Crippen molar-refractivity contribution < 1.29 is 13.6 Å². The Morgan fingerprint density at radius 3 is 2.35 bits per heavy atom. The molecular formula is C14H11BrF2N2O. The number of hydrogen-bond acceptors (Lipinski definition) is 2. The molecule has 0 bridgehead atoms. The summed E-state index contributed by atoms with van der Waals surface area (Å²) in [6.07, 6.45) is 0. The van der Waals surface area contributed by atoms with Crippen molar-refractivity contribution in [2.75, 3.05) is 5.32 Å². The number of halogens is 3. The van der Waals surface area contributed by atoms with Crippen molar-refractivity contribution in [1.82, 2.24) is 0 Å². The molecule has 0 aliphatic carbocycles. The molecule has 104 valence electrons. The number of nitrogens with one attached hydrogen (secondary N) is 1. The fourth-order valence-corrected chi connectivity index (χ4v) is 2.08. The molecule has 1 atom stereocenters. The van der Waals surface area contributed by atoms with Crippen LogP contribution >= 0.6 is 15.9 Å². The van der Waals surface area contributed by atoms with Crippen molar-refractivity contribution in [1.29, 1.82) is 0 Å². The minimum Gasteiger partial charge on any atom is -0.370 e. The van der Waals surface area contributed by atoms with Gasteiger partial charge in [0.05, 0.1) is 0 Å². The van der Waals surface area contributed by atoms with Crippen LogP contribution in [0.3, 0.4) is 0 Å². The van der Waals surface area contributed by atoms with Crippen molar-refractivity contribution in [3.63, 3.8) is 0 Å². The molecule has 0 aliphatic heterocycles. The highest BCUT2D eigenvalue weighted by molar-refractivity contribution is 9.10. The average molecular weight is 341 g/mol. The summed E-state index contributed by atoms with van der Waals surface area (Å²) in [6, 6.07) is 8.65. The summed E-state index contributed by atoms with van der Waals surface area (Å²) in [5.41, 5.74) is 5.90. The van der Waals surface area contributed by atoms with Crippen LogP contribution in [0.1, 0.15) is 11.6 Å². The number of anilines is 1. The van der Waals surface area contributed by atoms with Crippen molar-refractivity contribution in [2.24, 2.45) is 5.73 Å². The number of nitrogens with two attached hydrogens (primary N) is 1. The van der Waals surface area contributed by atoms with Gasteiger partial charge >= 0.3 is 0 Å². The summed E-state index contributed by atoms with van der Waals surface area (Å²) < 4.78 is 27.3. The molecule has 0 saturated carbocycles. The minimum atomic E-state index is -1.03. The van der Waals surface area contributed by atoms with Gasteiger partial charge in [-0.3, -0.25) is 4.79 Å². The van der Waals surface area contributed by atoms with Gasteiger partial charge in [-0.1, -0.05) is 22.0 Å². The van der Waals surface area contributed by atoms with Crippen LogP contribution in [-0.4, -0.2) is 5.91 Å². The molecule has 0 aliphatic rings. The lowest BCUT2D eigenvalue weighted by Gasteiger charge is -2.18. The predicted octanol–water partition coefficient (Wildman–Crippen LogP) is 3.37. The van der Waals surface area contributed by atoms with E-state index < -0.39 is 23.6 Å². The van der Waals surface area contributed by atoms with E-state index in [-0.39, 0.29) is 5.56 Å². The summed E-state index contributed by atoms with van der Waals surface area (Å²) in [4.78, 5) is 11.5. The van der Waals surface area contributed by atoms with Crippen molar-refractivity contribution in [2.45, 2.75) is 6.04 Å². The van der Waals surface area contributed by atoms with Gasteiger partial charge in [-0.2, -0.15) is 0 Å². The van der Waals surface area contributed by atoms with E-state index in [0.29, 0.717) is 10.2 Å². The number of primary amides is 1. The van der Waals surface area contributed by atoms with Gasteiger partial charge in [-0.15, -0.1) is 0 Å². The molecule has 0 heterocycles. The highest BCUT2D eigenvalue weighted by Crippen LogP contribution is 2.24. The number of hydrogen-bond donors (Lipinski definition) is 2. The van der Waals surface area contributed by atoms with Gasteiger partial charge in [-0.25, -0.2) is 8.78 Å². The Bertz CT molecular complexity index is 632. The summed E-state index contributed by atoms with van der Waals surface area (Å²) >= 11 is 3.14. The molecule has 3 N–H and O–H groups in total. The molecule has 2 rings (SSSR count). The fourth-order valence-electron chi connectivity index (χ4n) is 1.75. The van der Waals surface area contributed by atoms with Crippen LogP contribution in [0, 0.1) is 11.6 Å². The molecule has 0 radical (unpaired) electrons. The lowest BCUT2D eigenvalue weighted by molar-refractivity contribution is -0.118. The summed E-state index contributed by atoms with van der Waals surface area (Å²) in [5, 5.41) is 2.79. The Hall–Kier alpha value is -1.95. The lowest BCUT2D eigenvalue weighted by Crippen LogP contribution is -2.28. The first kappa shape index (κ1) is 14.5. The zero-order valence-electron chi connectivity index (χ0n) is 10.2. The van der Waals surface area contributed by atoms with Crippen LogP contribution in [0.15, 0.2) is 46.9 Å². The molecule has 2 aromatic rings. The molecular weight excluding hydrogens is 330 g/mol. The van der Waals surface area contributed by atoms with Crippen LogP contribution in [0.5, 0.6) is 0 Å². The summed E-state index contributed by atoms with van der Waals surface area (Å²) in [5.74, 6) is -1.69. The largest absolute Gasteiger partial charge is 0.370 e. The van der Waals surface area contributed by atoms with Crippen molar-refractivity contribution >= 4 is 27.5 Å². The first-order valence-electron chi connectivity index (χ1n) is 5.74. The Morgan fingerprint density at radius 2 is 1.80 bits per heavy atom. The molecule has 3 nitrogen and oxygen atoms in total. The van der Waals surface area contributed by atoms with Crippen LogP contribution in [0.2, 0.25) is 0 Å². The third-order valence-corrected chi connectivity index (χ3v) is 3.21. The second-order valence-corrected chi connectivity index (χ2v) is 5.07. The number of rotatable bonds is 4. The molecule has 0 saturated heterocycles. The van der Waals surface area contributed by atoms with Crippen LogP contribution in [0.25, 0.3) is 0 Å². The zero-order valence-corrected chi connectivity index (χ0v) is 11.8. The van der Waals surface area contributed by atoms with Gasteiger partial charge in [0, 0.05) is 15.7 Å². The van der Waals surface area contributed by atoms with Gasteiger partial charge in [0.25, 0.3) is 0 Å². The summed E-state index contributed by atoms with van der Waals surface area (Å²) in [7, 11) is 0. The maximum atomic E-state index is 13.9. The number of benzene rings is 2. The van der Waals surface area contributed by atoms with Gasteiger partial charge in [-0.05, 0) is 36.4 Å². The van der Waals surface area contributed by atoms with Gasteiger partial charge in [0.1, 0.15) is 17.7 Å². The topological polar surface area (TPSA) is 55.1 Å². The maximum absolute atomic E-state index is 13.9. The molecule has 20 heavy (non-hydrogen) atoms. The maximum Gasteiger partial charge on any atom is 0.244 e. The normalized spacial score (nSPS) is 11.9. The first-order valence-corrected chi connectivity index (χ1v) is 6.53. The van der Waals surface area contributed by atoms with Gasteiger partial charge < -0.3 is 11.1 Å². The van der Waals surface area contributed by atoms with E-state index in [4.69, 9.17) is 5.73 Å². The van der Waals surface area contributed by atoms with E-state index in [1.807, 2.05) is 0 Å². The van der Waals surface area contributed by atoms with E-state index in [9.17, 15) is 13.6 Å². The van der Waals surface area contributed by atoms with E-state index >= 15 is 0 Å². The number of carbonyl (C=O) groups excluding carboxylic acids is 1. The molecule has 2 aromatic carbocycles. The predicted molar refractivity (Wildman–Crippen MR) is 76.1 cm³/mol. The van der Waals surface area contributed by atoms with Crippen molar-refractivity contribution in [3.8, 4) is 0 Å². The first-order chi connectivity index (χ1) is 9.47. The molecule has 6 heteroatoms. The third-order valence-electron chi connectivity index (χ3n) is 2.71. The zero-order chi connectivity index (χ0) is 14.7. The highest BCUT2D eigenvalue weighted by Gasteiger charge is 2.21. The molecule has 1 amide bonds. The number of carbonyl (C=O) groups is 1. The standard InChI is InChI=1S/C14H11BrF2N2O/c15-8-1-6-11(12(17)7-8)13(14(18)20)19-10-4-2-9(16)3-5-10/h1-7,13,19H,(H2,18,20). The quantitative estimate of drug-likeness (QED) is 0.896. The molecule has 0 spiro atoms. The van der Waals surface area contributed by atoms with Crippen LogP contribution in [-0.2, 0) is 4.79 Å². The van der Waals surface area contributed by atoms with Gasteiger partial charge in [0.15, 0.2) is 0 Å². The van der Waals surface area contributed by atoms with E-state index in [1.54, 1.807) is 6.07 Å². The average Bonchev–Trinajstić information content (AvgIpc) is 2.39. The van der Waals surface area contributed by atoms with Gasteiger partial charge in [0.2, 0.25) is 5.91 Å². The Morgan fingerprint density at radius 1 is 1.15 bits per heavy atom. The SMILES string of the molecule is NC(=O)C(Nc1ccc(F)cc1)c1ccc(Br)cc1F. The lowest BCUT2D eigenvalue weighted by atomic mass is 10.1. The molecule has 0 fully saturated rings. The van der Waals surface area contributed by atoms with Crippen LogP contribution < -0.4 is 11.1 Å². The second-order valence-electron chi connectivity index (χ2n) is 4.15.